The molecule has 0 aliphatic heterocycles. The summed E-state index contributed by atoms with van der Waals surface area (Å²) < 4.78 is 7.36. The molecule has 1 heterocycles. The molecular weight excluding hydrogens is 387 g/mol. The zero-order valence-corrected chi connectivity index (χ0v) is 16.1. The number of hydrogen-bond donors (Lipinski definition) is 1. The van der Waals surface area contributed by atoms with E-state index in [-0.39, 0.29) is 5.91 Å². The van der Waals surface area contributed by atoms with Crippen LogP contribution in [0.15, 0.2) is 55.1 Å². The minimum atomic E-state index is -0.709. The number of nitrogens with one attached hydrogen (secondary N) is 1. The predicted octanol–water partition coefficient (Wildman–Crippen LogP) is 3.72. The highest BCUT2D eigenvalue weighted by atomic mass is 35.5. The van der Waals surface area contributed by atoms with Crippen molar-refractivity contribution in [1.82, 2.24) is 20.1 Å². The van der Waals surface area contributed by atoms with Crippen molar-refractivity contribution in [2.75, 3.05) is 0 Å². The number of halogens is 2. The lowest BCUT2D eigenvalue weighted by molar-refractivity contribution is -0.127. The molecule has 0 spiro atoms. The van der Waals surface area contributed by atoms with Gasteiger partial charge in [0.05, 0.1) is 11.6 Å². The van der Waals surface area contributed by atoms with Gasteiger partial charge in [0.25, 0.3) is 5.91 Å². The number of benzene rings is 2. The molecule has 0 aliphatic carbocycles. The molecule has 140 valence electrons. The number of rotatable bonds is 7. The summed E-state index contributed by atoms with van der Waals surface area (Å²) in [5.74, 6) is 0.134. The molecule has 8 heteroatoms. The quantitative estimate of drug-likeness (QED) is 0.651. The van der Waals surface area contributed by atoms with E-state index in [4.69, 9.17) is 27.9 Å². The minimum absolute atomic E-state index is 0.243. The first-order valence-electron chi connectivity index (χ1n) is 8.31. The molecule has 0 radical (unpaired) electrons. The molecule has 1 amide bonds. The van der Waals surface area contributed by atoms with Crippen LogP contribution in [-0.4, -0.2) is 26.8 Å². The number of carbonyl (C=O) groups excluding carboxylic acids is 1. The third-order valence-corrected chi connectivity index (χ3v) is 4.66. The van der Waals surface area contributed by atoms with Crippen LogP contribution in [0.5, 0.6) is 5.75 Å². The maximum Gasteiger partial charge on any atom is 0.261 e. The second kappa shape index (κ2) is 8.88. The van der Waals surface area contributed by atoms with Gasteiger partial charge in [-0.15, -0.1) is 0 Å². The summed E-state index contributed by atoms with van der Waals surface area (Å²) >= 11 is 12.1. The Balaban J connectivity index is 1.56. The van der Waals surface area contributed by atoms with E-state index in [0.29, 0.717) is 28.9 Å². The van der Waals surface area contributed by atoms with Crippen molar-refractivity contribution >= 4 is 29.1 Å². The van der Waals surface area contributed by atoms with Crippen molar-refractivity contribution in [1.29, 1.82) is 0 Å². The Bertz CT molecular complexity index is 916. The van der Waals surface area contributed by atoms with Crippen molar-refractivity contribution in [3.8, 4) is 5.75 Å². The Morgan fingerprint density at radius 1 is 1.22 bits per heavy atom. The molecule has 0 saturated carbocycles. The highest BCUT2D eigenvalue weighted by Crippen LogP contribution is 2.32. The third kappa shape index (κ3) is 5.21. The fourth-order valence-electron chi connectivity index (χ4n) is 2.49. The van der Waals surface area contributed by atoms with Crippen LogP contribution in [0, 0.1) is 0 Å². The van der Waals surface area contributed by atoms with Crippen molar-refractivity contribution in [3.05, 3.63) is 76.3 Å². The molecule has 1 aromatic heterocycles. The predicted molar refractivity (Wildman–Crippen MR) is 104 cm³/mol. The normalized spacial score (nSPS) is 11.8. The molecule has 1 unspecified atom stereocenters. The maximum absolute atomic E-state index is 12.3. The van der Waals surface area contributed by atoms with E-state index in [0.717, 1.165) is 11.1 Å². The number of carbonyl (C=O) groups is 1. The average molecular weight is 405 g/mol. The summed E-state index contributed by atoms with van der Waals surface area (Å²) in [6.45, 7) is 2.67. The van der Waals surface area contributed by atoms with Crippen molar-refractivity contribution < 1.29 is 9.53 Å². The molecular formula is C19H18Cl2N4O2. The molecule has 27 heavy (non-hydrogen) atoms. The van der Waals surface area contributed by atoms with Crippen molar-refractivity contribution in [2.24, 2.45) is 0 Å². The summed E-state index contributed by atoms with van der Waals surface area (Å²) in [6, 6.07) is 13.0. The fourth-order valence-corrected chi connectivity index (χ4v) is 2.83. The van der Waals surface area contributed by atoms with Gasteiger partial charge in [-0.25, -0.2) is 9.67 Å². The number of nitrogens with zero attached hydrogens (tertiary/aromatic N) is 3. The Morgan fingerprint density at radius 2 is 2.00 bits per heavy atom. The maximum atomic E-state index is 12.3. The van der Waals surface area contributed by atoms with Crippen molar-refractivity contribution in [2.45, 2.75) is 26.1 Å². The Kier molecular flexibility index (Phi) is 6.32. The monoisotopic (exact) mass is 404 g/mol. The summed E-state index contributed by atoms with van der Waals surface area (Å²) in [6.07, 6.45) is 2.45. The second-order valence-electron chi connectivity index (χ2n) is 5.94. The van der Waals surface area contributed by atoms with Crippen LogP contribution in [0.25, 0.3) is 0 Å². The summed E-state index contributed by atoms with van der Waals surface area (Å²) in [5.41, 5.74) is 2.05. The lowest BCUT2D eigenvalue weighted by Crippen LogP contribution is -2.36. The van der Waals surface area contributed by atoms with Gasteiger partial charge in [-0.2, -0.15) is 5.10 Å². The molecule has 1 atom stereocenters. The molecule has 2 aromatic carbocycles. The number of ether oxygens (including phenoxy) is 1. The lowest BCUT2D eigenvalue weighted by Gasteiger charge is -2.16. The molecule has 3 aromatic rings. The molecule has 0 aliphatic rings. The second-order valence-corrected chi connectivity index (χ2v) is 6.73. The van der Waals surface area contributed by atoms with Crippen molar-refractivity contribution in [3.63, 3.8) is 0 Å². The molecule has 0 bridgehead atoms. The van der Waals surface area contributed by atoms with Crippen LogP contribution < -0.4 is 10.1 Å². The molecule has 0 saturated heterocycles. The summed E-state index contributed by atoms with van der Waals surface area (Å²) in [4.78, 5) is 16.3. The highest BCUT2D eigenvalue weighted by molar-refractivity contribution is 6.42. The van der Waals surface area contributed by atoms with Gasteiger partial charge in [0, 0.05) is 6.54 Å². The smallest absolute Gasteiger partial charge is 0.261 e. The largest absolute Gasteiger partial charge is 0.479 e. The summed E-state index contributed by atoms with van der Waals surface area (Å²) in [7, 11) is 0. The molecule has 0 fully saturated rings. The standard InChI is InChI=1S/C19H18Cl2N4O2/c1-13(27-17-7-3-6-16(20)18(17)21)19(26)23-9-14-4-2-5-15(8-14)10-25-12-22-11-24-25/h2-8,11-13H,9-10H2,1H3,(H,23,26). The van der Waals surface area contributed by atoms with Crippen LogP contribution in [0.3, 0.4) is 0 Å². The zero-order valence-electron chi connectivity index (χ0n) is 14.6. The van der Waals surface area contributed by atoms with Crippen LogP contribution >= 0.6 is 23.2 Å². The van der Waals surface area contributed by atoms with Gasteiger partial charge < -0.3 is 10.1 Å². The van der Waals surface area contributed by atoms with Gasteiger partial charge in [0.15, 0.2) is 6.10 Å². The first-order valence-corrected chi connectivity index (χ1v) is 9.07. The van der Waals surface area contributed by atoms with Gasteiger partial charge in [0.1, 0.15) is 23.4 Å². The third-order valence-electron chi connectivity index (χ3n) is 3.86. The van der Waals surface area contributed by atoms with Gasteiger partial charge >= 0.3 is 0 Å². The van der Waals surface area contributed by atoms with E-state index in [2.05, 4.69) is 15.4 Å². The number of aromatic nitrogens is 3. The zero-order chi connectivity index (χ0) is 19.2. The van der Waals surface area contributed by atoms with E-state index >= 15 is 0 Å². The minimum Gasteiger partial charge on any atom is -0.479 e. The van der Waals surface area contributed by atoms with E-state index in [1.165, 1.54) is 6.33 Å². The van der Waals surface area contributed by atoms with Gasteiger partial charge in [-0.3, -0.25) is 4.79 Å². The molecule has 3 rings (SSSR count). The average Bonchev–Trinajstić information content (AvgIpc) is 3.16. The van der Waals surface area contributed by atoms with E-state index in [1.54, 1.807) is 36.1 Å². The Labute approximate surface area is 167 Å². The Hall–Kier alpha value is -2.57. The topological polar surface area (TPSA) is 69.0 Å². The number of amides is 1. The first kappa shape index (κ1) is 19.2. The van der Waals surface area contributed by atoms with Gasteiger partial charge in [0.2, 0.25) is 0 Å². The lowest BCUT2D eigenvalue weighted by atomic mass is 10.1. The highest BCUT2D eigenvalue weighted by Gasteiger charge is 2.16. The van der Waals surface area contributed by atoms with E-state index in [9.17, 15) is 4.79 Å². The first-order chi connectivity index (χ1) is 13.0. The van der Waals surface area contributed by atoms with Gasteiger partial charge in [-0.05, 0) is 30.2 Å². The van der Waals surface area contributed by atoms with Crippen LogP contribution in [0.1, 0.15) is 18.1 Å². The number of hydrogen-bond acceptors (Lipinski definition) is 4. The molecule has 6 nitrogen and oxygen atoms in total. The SMILES string of the molecule is CC(Oc1cccc(Cl)c1Cl)C(=O)NCc1cccc(Cn2cncn2)c1. The van der Waals surface area contributed by atoms with E-state index in [1.807, 2.05) is 24.3 Å². The van der Waals surface area contributed by atoms with Crippen LogP contribution in [-0.2, 0) is 17.9 Å². The van der Waals surface area contributed by atoms with Gasteiger partial charge in [-0.1, -0.05) is 53.5 Å². The summed E-state index contributed by atoms with van der Waals surface area (Å²) in [5, 5.41) is 7.63. The van der Waals surface area contributed by atoms with Crippen LogP contribution in [0.4, 0.5) is 0 Å². The molecule has 1 N–H and O–H groups in total. The fraction of sp³-hybridized carbons (Fsp3) is 0.211. The van der Waals surface area contributed by atoms with E-state index < -0.39 is 6.10 Å². The Morgan fingerprint density at radius 3 is 2.78 bits per heavy atom. The van der Waals surface area contributed by atoms with Crippen LogP contribution in [0.2, 0.25) is 10.0 Å².